The van der Waals surface area contributed by atoms with Gasteiger partial charge in [0.2, 0.25) is 0 Å². The predicted octanol–water partition coefficient (Wildman–Crippen LogP) is 3.30. The van der Waals surface area contributed by atoms with Crippen molar-refractivity contribution in [1.29, 1.82) is 0 Å². The molecule has 2 N–H and O–H groups in total. The van der Waals surface area contributed by atoms with E-state index < -0.39 is 0 Å². The van der Waals surface area contributed by atoms with Crippen molar-refractivity contribution in [2.75, 3.05) is 0 Å². The second kappa shape index (κ2) is 4.82. The molecule has 0 fully saturated rings. The van der Waals surface area contributed by atoms with Crippen LogP contribution < -0.4 is 5.73 Å². The molecule has 0 saturated carbocycles. The van der Waals surface area contributed by atoms with Crippen molar-refractivity contribution >= 4 is 10.8 Å². The molecule has 0 spiro atoms. The summed E-state index contributed by atoms with van der Waals surface area (Å²) in [6.07, 6.45) is 0.788. The first-order chi connectivity index (χ1) is 9.28. The van der Waals surface area contributed by atoms with E-state index in [-0.39, 0.29) is 6.04 Å². The first-order valence-electron chi connectivity index (χ1n) is 6.36. The molecule has 1 heterocycles. The highest BCUT2D eigenvalue weighted by Crippen LogP contribution is 2.24. The Labute approximate surface area is 111 Å². The van der Waals surface area contributed by atoms with Crippen LogP contribution in [0.5, 0.6) is 0 Å². The van der Waals surface area contributed by atoms with E-state index in [0.717, 1.165) is 17.4 Å². The summed E-state index contributed by atoms with van der Waals surface area (Å²) in [6.45, 7) is 2.00. The van der Waals surface area contributed by atoms with Crippen LogP contribution in [0.2, 0.25) is 0 Å². The van der Waals surface area contributed by atoms with Crippen LogP contribution >= 0.6 is 0 Å². The largest absolute Gasteiger partial charge is 0.334 e. The van der Waals surface area contributed by atoms with Gasteiger partial charge in [-0.3, -0.25) is 0 Å². The van der Waals surface area contributed by atoms with Gasteiger partial charge in [0.25, 0.3) is 5.89 Å². The molecule has 0 aliphatic rings. The Kier molecular flexibility index (Phi) is 3.01. The van der Waals surface area contributed by atoms with Gasteiger partial charge >= 0.3 is 0 Å². The second-order valence-electron chi connectivity index (χ2n) is 4.53. The summed E-state index contributed by atoms with van der Waals surface area (Å²) in [5.74, 6) is 1.08. The first-order valence-corrected chi connectivity index (χ1v) is 6.36. The van der Waals surface area contributed by atoms with Gasteiger partial charge < -0.3 is 10.3 Å². The number of nitrogens with two attached hydrogens (primary N) is 1. The summed E-state index contributed by atoms with van der Waals surface area (Å²) in [4.78, 5) is 4.36. The molecule has 96 valence electrons. The summed E-state index contributed by atoms with van der Waals surface area (Å²) >= 11 is 0. The highest BCUT2D eigenvalue weighted by atomic mass is 16.5. The van der Waals surface area contributed by atoms with Crippen molar-refractivity contribution in [2.45, 2.75) is 19.4 Å². The fraction of sp³-hybridized carbons (Fsp3) is 0.200. The number of benzene rings is 2. The smallest absolute Gasteiger partial charge is 0.258 e. The van der Waals surface area contributed by atoms with Crippen molar-refractivity contribution in [3.63, 3.8) is 0 Å². The van der Waals surface area contributed by atoms with E-state index >= 15 is 0 Å². The van der Waals surface area contributed by atoms with Gasteiger partial charge in [0.15, 0.2) is 5.82 Å². The number of hydrogen-bond donors (Lipinski definition) is 1. The zero-order valence-corrected chi connectivity index (χ0v) is 10.7. The Balaban J connectivity index is 2.01. The molecule has 0 aliphatic carbocycles. The maximum absolute atomic E-state index is 5.89. The van der Waals surface area contributed by atoms with Crippen LogP contribution in [0, 0.1) is 0 Å². The molecule has 1 unspecified atom stereocenters. The highest BCUT2D eigenvalue weighted by molar-refractivity contribution is 5.86. The van der Waals surface area contributed by atoms with Crippen LogP contribution in [-0.4, -0.2) is 10.1 Å². The third-order valence-electron chi connectivity index (χ3n) is 3.21. The third kappa shape index (κ3) is 2.22. The molecule has 0 aliphatic heterocycles. The highest BCUT2D eigenvalue weighted by Gasteiger charge is 2.13. The van der Waals surface area contributed by atoms with Gasteiger partial charge in [-0.05, 0) is 29.3 Å². The molecule has 3 rings (SSSR count). The molecule has 1 aromatic heterocycles. The molecule has 2 aromatic carbocycles. The molecule has 0 bridgehead atoms. The zero-order valence-electron chi connectivity index (χ0n) is 10.7. The van der Waals surface area contributed by atoms with E-state index in [9.17, 15) is 0 Å². The Morgan fingerprint density at radius 1 is 1.16 bits per heavy atom. The van der Waals surface area contributed by atoms with Gasteiger partial charge in [-0.2, -0.15) is 4.98 Å². The lowest BCUT2D eigenvalue weighted by molar-refractivity contribution is 0.415. The maximum atomic E-state index is 5.89. The Morgan fingerprint density at radius 3 is 2.74 bits per heavy atom. The SMILES string of the molecule is CCC(N)c1noc(-c2ccc3ccccc3c2)n1. The lowest BCUT2D eigenvalue weighted by Gasteiger charge is -2.00. The van der Waals surface area contributed by atoms with Crippen molar-refractivity contribution < 1.29 is 4.52 Å². The maximum Gasteiger partial charge on any atom is 0.258 e. The number of hydrogen-bond acceptors (Lipinski definition) is 4. The number of fused-ring (bicyclic) bond motifs is 1. The molecular weight excluding hydrogens is 238 g/mol. The fourth-order valence-corrected chi connectivity index (χ4v) is 2.01. The van der Waals surface area contributed by atoms with Gasteiger partial charge in [-0.25, -0.2) is 0 Å². The molecule has 3 aromatic rings. The van der Waals surface area contributed by atoms with Crippen LogP contribution in [0.3, 0.4) is 0 Å². The normalized spacial score (nSPS) is 12.7. The van der Waals surface area contributed by atoms with Gasteiger partial charge in [-0.1, -0.05) is 42.4 Å². The van der Waals surface area contributed by atoms with E-state index in [1.807, 2.05) is 37.3 Å². The van der Waals surface area contributed by atoms with E-state index in [0.29, 0.717) is 11.7 Å². The summed E-state index contributed by atoms with van der Waals surface area (Å²) < 4.78 is 5.28. The molecule has 4 heteroatoms. The summed E-state index contributed by atoms with van der Waals surface area (Å²) in [5.41, 5.74) is 6.81. The molecule has 0 saturated heterocycles. The monoisotopic (exact) mass is 253 g/mol. The van der Waals surface area contributed by atoms with Crippen LogP contribution in [0.15, 0.2) is 47.0 Å². The van der Waals surface area contributed by atoms with Crippen LogP contribution in [0.1, 0.15) is 25.2 Å². The molecular formula is C15H15N3O. The topological polar surface area (TPSA) is 64.9 Å². The molecule has 0 amide bonds. The van der Waals surface area contributed by atoms with Crippen LogP contribution in [-0.2, 0) is 0 Å². The first kappa shape index (κ1) is 11.9. The van der Waals surface area contributed by atoms with Crippen LogP contribution in [0.4, 0.5) is 0 Å². The van der Waals surface area contributed by atoms with E-state index in [1.165, 1.54) is 5.39 Å². The average molecular weight is 253 g/mol. The second-order valence-corrected chi connectivity index (χ2v) is 4.53. The Morgan fingerprint density at radius 2 is 1.95 bits per heavy atom. The molecule has 19 heavy (non-hydrogen) atoms. The van der Waals surface area contributed by atoms with Gasteiger partial charge in [0.1, 0.15) is 0 Å². The fourth-order valence-electron chi connectivity index (χ4n) is 2.01. The predicted molar refractivity (Wildman–Crippen MR) is 74.5 cm³/mol. The van der Waals surface area contributed by atoms with Crippen molar-refractivity contribution in [3.05, 3.63) is 48.3 Å². The van der Waals surface area contributed by atoms with Gasteiger partial charge in [0.05, 0.1) is 6.04 Å². The third-order valence-corrected chi connectivity index (χ3v) is 3.21. The summed E-state index contributed by atoms with van der Waals surface area (Å²) in [7, 11) is 0. The van der Waals surface area contributed by atoms with Crippen molar-refractivity contribution in [3.8, 4) is 11.5 Å². The lowest BCUT2D eigenvalue weighted by atomic mass is 10.1. The van der Waals surface area contributed by atoms with Crippen molar-refractivity contribution in [1.82, 2.24) is 10.1 Å². The quantitative estimate of drug-likeness (QED) is 0.777. The minimum atomic E-state index is -0.169. The molecule has 0 radical (unpaired) electrons. The molecule has 1 atom stereocenters. The number of aromatic nitrogens is 2. The van der Waals surface area contributed by atoms with Gasteiger partial charge in [0, 0.05) is 5.56 Å². The van der Waals surface area contributed by atoms with E-state index in [2.05, 4.69) is 22.3 Å². The minimum Gasteiger partial charge on any atom is -0.334 e. The Bertz CT molecular complexity index is 705. The van der Waals surface area contributed by atoms with E-state index in [4.69, 9.17) is 10.3 Å². The molecule has 4 nitrogen and oxygen atoms in total. The standard InChI is InChI=1S/C15H15N3O/c1-2-13(16)14-17-15(19-18-14)12-8-7-10-5-3-4-6-11(10)9-12/h3-9,13H,2,16H2,1H3. The minimum absolute atomic E-state index is 0.169. The Hall–Kier alpha value is -2.20. The van der Waals surface area contributed by atoms with Crippen LogP contribution in [0.25, 0.3) is 22.2 Å². The summed E-state index contributed by atoms with van der Waals surface area (Å²) in [6, 6.07) is 14.1. The van der Waals surface area contributed by atoms with Crippen molar-refractivity contribution in [2.24, 2.45) is 5.73 Å². The van der Waals surface area contributed by atoms with E-state index in [1.54, 1.807) is 0 Å². The average Bonchev–Trinajstić information content (AvgIpc) is 2.95. The zero-order chi connectivity index (χ0) is 13.2. The lowest BCUT2D eigenvalue weighted by Crippen LogP contribution is -2.10. The van der Waals surface area contributed by atoms with Gasteiger partial charge in [-0.15, -0.1) is 0 Å². The summed E-state index contributed by atoms with van der Waals surface area (Å²) in [5, 5.41) is 6.28. The number of nitrogens with zero attached hydrogens (tertiary/aromatic N) is 2. The number of rotatable bonds is 3.